The van der Waals surface area contributed by atoms with E-state index in [-0.39, 0.29) is 34.9 Å². The number of carbonyl (C=O) groups excluding carboxylic acids is 3. The molecule has 2 fully saturated rings. The molecule has 1 unspecified atom stereocenters. The molecule has 2 aromatic heterocycles. The predicted octanol–water partition coefficient (Wildman–Crippen LogP) is 2.91. The van der Waals surface area contributed by atoms with Gasteiger partial charge in [-0.15, -0.1) is 11.8 Å². The lowest BCUT2D eigenvalue weighted by Gasteiger charge is -2.39. The van der Waals surface area contributed by atoms with E-state index in [2.05, 4.69) is 30.6 Å². The number of hydrogen-bond acceptors (Lipinski definition) is 11. The molecule has 3 aliphatic heterocycles. The molecule has 6 rings (SSSR count). The van der Waals surface area contributed by atoms with Crippen molar-refractivity contribution < 1.29 is 27.9 Å². The van der Waals surface area contributed by atoms with Gasteiger partial charge >= 0.3 is 6.61 Å². The molecule has 3 aliphatic rings. The number of halogens is 2. The van der Waals surface area contributed by atoms with Gasteiger partial charge in [-0.05, 0) is 56.1 Å². The number of benzene rings is 1. The number of fused-ring (bicyclic) bond motifs is 1. The number of rotatable bonds is 13. The summed E-state index contributed by atoms with van der Waals surface area (Å²) in [6.07, 6.45) is 8.38. The Morgan fingerprint density at radius 1 is 1.06 bits per heavy atom. The Kier molecular flexibility index (Phi) is 12.5. The van der Waals surface area contributed by atoms with E-state index in [0.717, 1.165) is 50.5 Å². The van der Waals surface area contributed by atoms with E-state index in [1.54, 1.807) is 72.6 Å². The quantitative estimate of drug-likeness (QED) is 0.250. The highest BCUT2D eigenvalue weighted by Gasteiger charge is 2.34. The number of piperidine rings is 1. The van der Waals surface area contributed by atoms with Crippen LogP contribution < -0.4 is 15.5 Å². The summed E-state index contributed by atoms with van der Waals surface area (Å²) in [4.78, 5) is 52.6. The fourth-order valence-electron chi connectivity index (χ4n) is 6.89. The van der Waals surface area contributed by atoms with Crippen LogP contribution in [0, 0.1) is 5.92 Å². The topological polar surface area (TPSA) is 131 Å². The number of likely N-dealkylation sites (N-methyl/N-ethyl adjacent to an activating group) is 1. The van der Waals surface area contributed by atoms with E-state index in [1.165, 1.54) is 16.8 Å². The molecule has 3 amide bonds. The Morgan fingerprint density at radius 2 is 1.81 bits per heavy atom. The molecule has 0 aliphatic carbocycles. The van der Waals surface area contributed by atoms with E-state index < -0.39 is 18.6 Å². The van der Waals surface area contributed by atoms with Gasteiger partial charge in [-0.25, -0.2) is 14.9 Å². The summed E-state index contributed by atoms with van der Waals surface area (Å²) < 4.78 is 33.6. The lowest BCUT2D eigenvalue weighted by Crippen LogP contribution is -2.53. The van der Waals surface area contributed by atoms with Gasteiger partial charge in [0.15, 0.2) is 5.65 Å². The first-order valence-electron chi connectivity index (χ1n) is 18.0. The van der Waals surface area contributed by atoms with Gasteiger partial charge in [-0.1, -0.05) is 13.8 Å². The molecular formula is C36H48F2N10O4S. The number of piperazine rings is 1. The smallest absolute Gasteiger partial charge is 0.387 e. The standard InChI is InChI=1S/C36H48F2N10O4S/c1-24(2)53-26-6-7-30(52-36(37)38)27(18-26)33-29(41-35(51)28-19-40-48-11-5-10-39-34(28)48)21-47(42-33)23-32(50)46-16-14-45(15-17-46)20-25-8-12-44(13-9-25)22-31(49)43(3)4/h5-7,10-11,18-19,21,24-25,33,36,42H,8-9,12-17,20,22-23H2,1-4H3,(H,41,51). The third kappa shape index (κ3) is 9.82. The van der Waals surface area contributed by atoms with Crippen LogP contribution in [-0.2, 0) is 9.59 Å². The van der Waals surface area contributed by atoms with Gasteiger partial charge in [0.25, 0.3) is 5.91 Å². The molecule has 286 valence electrons. The summed E-state index contributed by atoms with van der Waals surface area (Å²) in [5.41, 5.74) is 4.60. The summed E-state index contributed by atoms with van der Waals surface area (Å²) in [6.45, 7) is 6.92. The highest BCUT2D eigenvalue weighted by atomic mass is 32.2. The largest absolute Gasteiger partial charge is 0.434 e. The van der Waals surface area contributed by atoms with Gasteiger partial charge in [0.1, 0.15) is 17.9 Å². The van der Waals surface area contributed by atoms with Crippen molar-refractivity contribution in [1.29, 1.82) is 0 Å². The molecule has 17 heteroatoms. The number of thioether (sulfide) groups is 1. The maximum absolute atomic E-state index is 13.6. The number of ether oxygens (including phenoxy) is 1. The van der Waals surface area contributed by atoms with Crippen molar-refractivity contribution in [2.24, 2.45) is 5.92 Å². The second-order valence-electron chi connectivity index (χ2n) is 14.1. The van der Waals surface area contributed by atoms with Gasteiger partial charge in [-0.2, -0.15) is 13.9 Å². The van der Waals surface area contributed by atoms with E-state index in [1.807, 2.05) is 18.7 Å². The van der Waals surface area contributed by atoms with Crippen LogP contribution in [0.1, 0.15) is 48.7 Å². The number of alkyl halides is 2. The first kappa shape index (κ1) is 38.4. The van der Waals surface area contributed by atoms with Crippen LogP contribution in [0.25, 0.3) is 5.65 Å². The van der Waals surface area contributed by atoms with E-state index >= 15 is 0 Å². The van der Waals surface area contributed by atoms with Crippen molar-refractivity contribution in [3.05, 3.63) is 65.9 Å². The molecule has 1 aromatic carbocycles. The Hall–Kier alpha value is -4.32. The van der Waals surface area contributed by atoms with E-state index in [9.17, 15) is 23.2 Å². The minimum absolute atomic E-state index is 0.0380. The lowest BCUT2D eigenvalue weighted by molar-refractivity contribution is -0.134. The zero-order chi connectivity index (χ0) is 37.6. The van der Waals surface area contributed by atoms with Crippen molar-refractivity contribution in [3.8, 4) is 5.75 Å². The lowest BCUT2D eigenvalue weighted by atomic mass is 9.96. The van der Waals surface area contributed by atoms with Crippen molar-refractivity contribution in [2.75, 3.05) is 73.0 Å². The minimum atomic E-state index is -3.06. The fraction of sp³-hybridized carbons (Fsp3) is 0.528. The maximum atomic E-state index is 13.6. The van der Waals surface area contributed by atoms with Gasteiger partial charge in [0.2, 0.25) is 11.8 Å². The van der Waals surface area contributed by atoms with Gasteiger partial charge in [-0.3, -0.25) is 24.2 Å². The number of nitrogens with one attached hydrogen (secondary N) is 2. The van der Waals surface area contributed by atoms with Crippen LogP contribution in [0.3, 0.4) is 0 Å². The number of aromatic nitrogens is 3. The maximum Gasteiger partial charge on any atom is 0.387 e. The monoisotopic (exact) mass is 754 g/mol. The van der Waals surface area contributed by atoms with Crippen LogP contribution >= 0.6 is 11.8 Å². The number of amides is 3. The fourth-order valence-corrected chi connectivity index (χ4v) is 7.77. The summed E-state index contributed by atoms with van der Waals surface area (Å²) in [6, 6.07) is 5.89. The molecule has 2 saturated heterocycles. The molecule has 5 heterocycles. The molecule has 2 N–H and O–H groups in total. The summed E-state index contributed by atoms with van der Waals surface area (Å²) >= 11 is 1.57. The third-order valence-corrected chi connectivity index (χ3v) is 10.7. The average molecular weight is 755 g/mol. The first-order chi connectivity index (χ1) is 25.4. The Balaban J connectivity index is 1.11. The molecule has 0 bridgehead atoms. The van der Waals surface area contributed by atoms with Crippen molar-refractivity contribution in [2.45, 2.75) is 49.5 Å². The summed E-state index contributed by atoms with van der Waals surface area (Å²) in [5, 5.41) is 8.96. The van der Waals surface area contributed by atoms with Crippen LogP contribution in [0.5, 0.6) is 5.75 Å². The molecule has 0 radical (unpaired) electrons. The number of carbonyl (C=O) groups is 3. The molecule has 0 saturated carbocycles. The number of hydrogen-bond donors (Lipinski definition) is 2. The molecule has 3 aromatic rings. The first-order valence-corrected chi connectivity index (χ1v) is 18.8. The molecule has 14 nitrogen and oxygen atoms in total. The highest BCUT2D eigenvalue weighted by molar-refractivity contribution is 7.99. The molecule has 53 heavy (non-hydrogen) atoms. The van der Waals surface area contributed by atoms with Crippen molar-refractivity contribution in [3.63, 3.8) is 0 Å². The second-order valence-corrected chi connectivity index (χ2v) is 15.8. The zero-order valence-corrected chi connectivity index (χ0v) is 31.4. The average Bonchev–Trinajstić information content (AvgIpc) is 3.73. The molecular weight excluding hydrogens is 707 g/mol. The number of likely N-dealkylation sites (tertiary alicyclic amines) is 1. The Labute approximate surface area is 312 Å². The van der Waals surface area contributed by atoms with E-state index in [0.29, 0.717) is 42.5 Å². The van der Waals surface area contributed by atoms with Crippen LogP contribution in [-0.4, -0.2) is 142 Å². The minimum Gasteiger partial charge on any atom is -0.434 e. The van der Waals surface area contributed by atoms with Crippen LogP contribution in [0.15, 0.2) is 59.6 Å². The molecule has 1 atom stereocenters. The number of nitrogens with zero attached hydrogens (tertiary/aromatic N) is 8. The van der Waals surface area contributed by atoms with Crippen LogP contribution in [0.4, 0.5) is 8.78 Å². The Bertz CT molecular complexity index is 1790. The summed E-state index contributed by atoms with van der Waals surface area (Å²) in [5.74, 6) is 0.0546. The Morgan fingerprint density at radius 3 is 2.51 bits per heavy atom. The SMILES string of the molecule is CC(C)Sc1ccc(OC(F)F)c(C2NN(CC(=O)N3CCN(CC4CCN(CC(=O)N(C)C)CC4)CC3)C=C2NC(=O)c2cnn3cccnc23)c1. The van der Waals surface area contributed by atoms with Gasteiger partial charge < -0.3 is 24.9 Å². The van der Waals surface area contributed by atoms with Gasteiger partial charge in [0, 0.05) is 81.1 Å². The highest BCUT2D eigenvalue weighted by Crippen LogP contribution is 2.37. The number of hydrazine groups is 1. The van der Waals surface area contributed by atoms with Gasteiger partial charge in [0.05, 0.1) is 24.5 Å². The van der Waals surface area contributed by atoms with Crippen molar-refractivity contribution >= 4 is 35.1 Å². The second kappa shape index (κ2) is 17.2. The molecule has 0 spiro atoms. The normalized spacial score (nSPS) is 18.9. The third-order valence-electron chi connectivity index (χ3n) is 9.67. The van der Waals surface area contributed by atoms with Crippen LogP contribution in [0.2, 0.25) is 0 Å². The van der Waals surface area contributed by atoms with E-state index in [4.69, 9.17) is 4.74 Å². The predicted molar refractivity (Wildman–Crippen MR) is 196 cm³/mol. The van der Waals surface area contributed by atoms with Crippen molar-refractivity contribution in [1.82, 2.24) is 49.9 Å². The zero-order valence-electron chi connectivity index (χ0n) is 30.6. The summed E-state index contributed by atoms with van der Waals surface area (Å²) in [7, 11) is 3.57.